The molecule has 6 heteroatoms. The van der Waals surface area contributed by atoms with Crippen LogP contribution in [0, 0.1) is 0 Å². The SMILES string of the molecule is CCOC(=O)CNC(=O)Cc1ccc(C(N)=S)cc1. The first-order valence-electron chi connectivity index (χ1n) is 5.84. The second kappa shape index (κ2) is 7.48. The Labute approximate surface area is 117 Å². The topological polar surface area (TPSA) is 81.4 Å². The molecule has 0 unspecified atom stereocenters. The van der Waals surface area contributed by atoms with Gasteiger partial charge in [-0.25, -0.2) is 0 Å². The van der Waals surface area contributed by atoms with Gasteiger partial charge >= 0.3 is 5.97 Å². The van der Waals surface area contributed by atoms with E-state index in [1.54, 1.807) is 31.2 Å². The van der Waals surface area contributed by atoms with Gasteiger partial charge in [-0.15, -0.1) is 0 Å². The Morgan fingerprint density at radius 3 is 2.47 bits per heavy atom. The van der Waals surface area contributed by atoms with E-state index in [9.17, 15) is 9.59 Å². The van der Waals surface area contributed by atoms with Crippen molar-refractivity contribution in [2.24, 2.45) is 5.73 Å². The van der Waals surface area contributed by atoms with Crippen LogP contribution in [0.5, 0.6) is 0 Å². The smallest absolute Gasteiger partial charge is 0.325 e. The lowest BCUT2D eigenvalue weighted by atomic mass is 10.1. The van der Waals surface area contributed by atoms with E-state index in [1.165, 1.54) is 0 Å². The van der Waals surface area contributed by atoms with Crippen molar-refractivity contribution < 1.29 is 14.3 Å². The van der Waals surface area contributed by atoms with Crippen LogP contribution in [-0.2, 0) is 20.7 Å². The van der Waals surface area contributed by atoms with Crippen LogP contribution >= 0.6 is 12.2 Å². The highest BCUT2D eigenvalue weighted by atomic mass is 32.1. The molecule has 5 nitrogen and oxygen atoms in total. The van der Waals surface area contributed by atoms with E-state index in [1.807, 2.05) is 0 Å². The van der Waals surface area contributed by atoms with Gasteiger partial charge in [0.05, 0.1) is 13.0 Å². The number of thiocarbonyl (C=S) groups is 1. The van der Waals surface area contributed by atoms with Gasteiger partial charge in [0.2, 0.25) is 5.91 Å². The van der Waals surface area contributed by atoms with Crippen molar-refractivity contribution in [1.29, 1.82) is 0 Å². The molecule has 0 saturated heterocycles. The van der Waals surface area contributed by atoms with Crippen molar-refractivity contribution in [2.75, 3.05) is 13.2 Å². The van der Waals surface area contributed by atoms with E-state index < -0.39 is 5.97 Å². The van der Waals surface area contributed by atoms with Crippen LogP contribution in [0.3, 0.4) is 0 Å². The van der Waals surface area contributed by atoms with E-state index >= 15 is 0 Å². The third-order valence-corrected chi connectivity index (χ3v) is 2.57. The minimum absolute atomic E-state index is 0.113. The highest BCUT2D eigenvalue weighted by Crippen LogP contribution is 2.05. The predicted octanol–water partition coefficient (Wildman–Crippen LogP) is 0.543. The number of rotatable bonds is 6. The largest absolute Gasteiger partial charge is 0.465 e. The maximum atomic E-state index is 11.6. The normalized spacial score (nSPS) is 9.74. The Morgan fingerprint density at radius 1 is 1.32 bits per heavy atom. The maximum Gasteiger partial charge on any atom is 0.325 e. The minimum atomic E-state index is -0.445. The zero-order valence-electron chi connectivity index (χ0n) is 10.6. The summed E-state index contributed by atoms with van der Waals surface area (Å²) in [6, 6.07) is 7.07. The van der Waals surface area contributed by atoms with Gasteiger partial charge in [-0.3, -0.25) is 9.59 Å². The Kier molecular flexibility index (Phi) is 5.95. The van der Waals surface area contributed by atoms with Crippen LogP contribution in [0.15, 0.2) is 24.3 Å². The van der Waals surface area contributed by atoms with Crippen LogP contribution in [0.2, 0.25) is 0 Å². The summed E-state index contributed by atoms with van der Waals surface area (Å²) in [7, 11) is 0. The van der Waals surface area contributed by atoms with Gasteiger partial charge in [0.1, 0.15) is 11.5 Å². The summed E-state index contributed by atoms with van der Waals surface area (Å²) in [5, 5.41) is 2.49. The molecule has 0 aliphatic heterocycles. The lowest BCUT2D eigenvalue weighted by Gasteiger charge is -2.05. The molecule has 1 aromatic rings. The highest BCUT2D eigenvalue weighted by Gasteiger charge is 2.07. The predicted molar refractivity (Wildman–Crippen MR) is 75.7 cm³/mol. The van der Waals surface area contributed by atoms with E-state index in [2.05, 4.69) is 5.32 Å². The summed E-state index contributed by atoms with van der Waals surface area (Å²) in [5.41, 5.74) is 7.05. The number of amides is 1. The summed E-state index contributed by atoms with van der Waals surface area (Å²) in [4.78, 5) is 22.9. The summed E-state index contributed by atoms with van der Waals surface area (Å²) in [6.45, 7) is 1.90. The second-order valence-electron chi connectivity index (χ2n) is 3.82. The van der Waals surface area contributed by atoms with Crippen LogP contribution in [0.1, 0.15) is 18.1 Å². The molecular formula is C13H16N2O3S. The first-order valence-corrected chi connectivity index (χ1v) is 6.24. The average Bonchev–Trinajstić information content (AvgIpc) is 2.37. The van der Waals surface area contributed by atoms with Gasteiger partial charge in [-0.1, -0.05) is 36.5 Å². The molecule has 1 rings (SSSR count). The first-order chi connectivity index (χ1) is 9.02. The van der Waals surface area contributed by atoms with Gasteiger partial charge in [0, 0.05) is 5.56 Å². The van der Waals surface area contributed by atoms with Gasteiger partial charge < -0.3 is 15.8 Å². The van der Waals surface area contributed by atoms with Crippen LogP contribution in [-0.4, -0.2) is 30.0 Å². The molecule has 0 aliphatic rings. The number of esters is 1. The van der Waals surface area contributed by atoms with E-state index in [0.717, 1.165) is 11.1 Å². The number of nitrogens with two attached hydrogens (primary N) is 1. The van der Waals surface area contributed by atoms with Gasteiger partial charge in [-0.2, -0.15) is 0 Å². The van der Waals surface area contributed by atoms with Crippen LogP contribution in [0.25, 0.3) is 0 Å². The third kappa shape index (κ3) is 5.48. The maximum absolute atomic E-state index is 11.6. The standard InChI is InChI=1S/C13H16N2O3S/c1-2-18-12(17)8-15-11(16)7-9-3-5-10(6-4-9)13(14)19/h3-6H,2,7-8H2,1H3,(H2,14,19)(H,15,16). The number of carbonyl (C=O) groups excluding carboxylic acids is 2. The molecule has 0 radical (unpaired) electrons. The summed E-state index contributed by atoms with van der Waals surface area (Å²) >= 11 is 4.84. The molecule has 3 N–H and O–H groups in total. The Morgan fingerprint density at radius 2 is 1.95 bits per heavy atom. The number of ether oxygens (including phenoxy) is 1. The number of benzene rings is 1. The van der Waals surface area contributed by atoms with Gasteiger partial charge in [0.25, 0.3) is 0 Å². The molecule has 0 fully saturated rings. The molecule has 1 amide bonds. The van der Waals surface area contributed by atoms with Crippen molar-refractivity contribution in [3.63, 3.8) is 0 Å². The molecule has 0 spiro atoms. The van der Waals surface area contributed by atoms with E-state index in [-0.39, 0.29) is 18.9 Å². The molecule has 0 saturated carbocycles. The Balaban J connectivity index is 2.44. The van der Waals surface area contributed by atoms with Gasteiger partial charge in [0.15, 0.2) is 0 Å². The first kappa shape index (κ1) is 15.1. The Hall–Kier alpha value is -1.95. The van der Waals surface area contributed by atoms with Crippen molar-refractivity contribution >= 4 is 29.1 Å². The molecule has 0 bridgehead atoms. The Bertz CT molecular complexity index is 471. The lowest BCUT2D eigenvalue weighted by Crippen LogP contribution is -2.31. The fraction of sp³-hybridized carbons (Fsp3) is 0.308. The molecule has 1 aromatic carbocycles. The molecule has 0 heterocycles. The van der Waals surface area contributed by atoms with Crippen molar-refractivity contribution in [3.8, 4) is 0 Å². The molecule has 0 atom stereocenters. The minimum Gasteiger partial charge on any atom is -0.465 e. The molecule has 102 valence electrons. The number of carbonyl (C=O) groups is 2. The van der Waals surface area contributed by atoms with Crippen LogP contribution in [0.4, 0.5) is 0 Å². The number of nitrogens with one attached hydrogen (secondary N) is 1. The lowest BCUT2D eigenvalue weighted by molar-refractivity contribution is -0.143. The highest BCUT2D eigenvalue weighted by molar-refractivity contribution is 7.80. The van der Waals surface area contributed by atoms with Crippen LogP contribution < -0.4 is 11.1 Å². The zero-order valence-corrected chi connectivity index (χ0v) is 11.5. The van der Waals surface area contributed by atoms with Crippen molar-refractivity contribution in [1.82, 2.24) is 5.32 Å². The number of hydrogen-bond acceptors (Lipinski definition) is 4. The fourth-order valence-electron chi connectivity index (χ4n) is 1.42. The molecular weight excluding hydrogens is 264 g/mol. The quantitative estimate of drug-likeness (QED) is 0.587. The summed E-state index contributed by atoms with van der Waals surface area (Å²) in [6.07, 6.45) is 0.191. The van der Waals surface area contributed by atoms with Crippen molar-refractivity contribution in [3.05, 3.63) is 35.4 Å². The van der Waals surface area contributed by atoms with E-state index in [4.69, 9.17) is 22.7 Å². The third-order valence-electron chi connectivity index (χ3n) is 2.34. The van der Waals surface area contributed by atoms with Crippen molar-refractivity contribution in [2.45, 2.75) is 13.3 Å². The zero-order chi connectivity index (χ0) is 14.3. The van der Waals surface area contributed by atoms with Gasteiger partial charge in [-0.05, 0) is 12.5 Å². The average molecular weight is 280 g/mol. The molecule has 0 aliphatic carbocycles. The fourth-order valence-corrected chi connectivity index (χ4v) is 1.55. The second-order valence-corrected chi connectivity index (χ2v) is 4.26. The van der Waals surface area contributed by atoms with E-state index in [0.29, 0.717) is 11.6 Å². The summed E-state index contributed by atoms with van der Waals surface area (Å²) in [5.74, 6) is -0.684. The number of hydrogen-bond donors (Lipinski definition) is 2. The summed E-state index contributed by atoms with van der Waals surface area (Å²) < 4.78 is 4.70. The monoisotopic (exact) mass is 280 g/mol. The molecule has 0 aromatic heterocycles. The molecule has 19 heavy (non-hydrogen) atoms.